The highest BCUT2D eigenvalue weighted by Crippen LogP contribution is 2.34. The predicted molar refractivity (Wildman–Crippen MR) is 137 cm³/mol. The summed E-state index contributed by atoms with van der Waals surface area (Å²) >= 11 is 0. The van der Waals surface area contributed by atoms with Crippen molar-refractivity contribution in [2.75, 3.05) is 5.73 Å². The Morgan fingerprint density at radius 2 is 1.17 bits per heavy atom. The maximum absolute atomic E-state index is 9.79. The van der Waals surface area contributed by atoms with Crippen molar-refractivity contribution in [3.05, 3.63) is 121 Å². The van der Waals surface area contributed by atoms with Crippen LogP contribution in [-0.4, -0.2) is 4.98 Å². The molecule has 0 aliphatic heterocycles. The molecule has 168 valence electrons. The minimum absolute atomic E-state index is 0.180. The number of aromatic nitrogens is 1. The van der Waals surface area contributed by atoms with Gasteiger partial charge < -0.3 is 15.2 Å². The number of hydrogen-bond acceptors (Lipinski definition) is 5. The number of pyridine rings is 1. The van der Waals surface area contributed by atoms with E-state index in [-0.39, 0.29) is 5.82 Å². The molecule has 5 nitrogen and oxygen atoms in total. The molecule has 0 aliphatic rings. The van der Waals surface area contributed by atoms with Crippen LogP contribution in [-0.2, 0) is 0 Å². The number of para-hydroxylation sites is 2. The number of ether oxygens (including phenoxy) is 2. The van der Waals surface area contributed by atoms with Crippen molar-refractivity contribution in [2.24, 2.45) is 0 Å². The monoisotopic (exact) mass is 455 g/mol. The molecule has 5 rings (SSSR count). The van der Waals surface area contributed by atoms with Crippen LogP contribution in [0.4, 0.5) is 5.82 Å². The Kier molecular flexibility index (Phi) is 6.10. The third-order valence-corrected chi connectivity index (χ3v) is 5.41. The summed E-state index contributed by atoms with van der Waals surface area (Å²) in [5.74, 6) is 3.06. The van der Waals surface area contributed by atoms with Crippen LogP contribution in [0.1, 0.15) is 5.56 Å². The number of nitrogens with two attached hydrogens (primary N) is 1. The van der Waals surface area contributed by atoms with Crippen molar-refractivity contribution in [3.8, 4) is 51.5 Å². The lowest BCUT2D eigenvalue weighted by molar-refractivity contribution is 0.482. The Balaban J connectivity index is 1.47. The van der Waals surface area contributed by atoms with Crippen molar-refractivity contribution >= 4 is 5.82 Å². The standard InChI is InChI=1S/C30H21N3O2/c31-20-28-27(22-8-7-13-26(18-22)35-24-11-5-2-6-12-24)19-29(33-30(28)32)21-14-16-25(17-15-21)34-23-9-3-1-4-10-23/h1-19H,(H2,32,33). The third-order valence-electron chi connectivity index (χ3n) is 5.41. The number of benzene rings is 4. The normalized spacial score (nSPS) is 10.4. The SMILES string of the molecule is N#Cc1c(-c2cccc(Oc3ccccc3)c2)cc(-c2ccc(Oc3ccccc3)cc2)nc1N. The van der Waals surface area contributed by atoms with Crippen LogP contribution in [0.5, 0.6) is 23.0 Å². The quantitative estimate of drug-likeness (QED) is 0.287. The Bertz CT molecular complexity index is 1490. The lowest BCUT2D eigenvalue weighted by Gasteiger charge is -2.12. The summed E-state index contributed by atoms with van der Waals surface area (Å²) in [7, 11) is 0. The molecular formula is C30H21N3O2. The van der Waals surface area contributed by atoms with Crippen LogP contribution >= 0.6 is 0 Å². The number of nitriles is 1. The van der Waals surface area contributed by atoms with E-state index in [1.165, 1.54) is 0 Å². The van der Waals surface area contributed by atoms with Gasteiger partial charge in [0.1, 0.15) is 40.4 Å². The molecule has 1 heterocycles. The predicted octanol–water partition coefficient (Wildman–Crippen LogP) is 7.45. The number of nitrogens with zero attached hydrogens (tertiary/aromatic N) is 2. The molecule has 0 fully saturated rings. The molecule has 0 aliphatic carbocycles. The summed E-state index contributed by atoms with van der Waals surface area (Å²) in [6.45, 7) is 0. The van der Waals surface area contributed by atoms with Crippen molar-refractivity contribution in [1.29, 1.82) is 5.26 Å². The number of hydrogen-bond donors (Lipinski definition) is 1. The highest BCUT2D eigenvalue weighted by molar-refractivity contribution is 5.80. The highest BCUT2D eigenvalue weighted by Gasteiger charge is 2.14. The molecule has 0 radical (unpaired) electrons. The van der Waals surface area contributed by atoms with E-state index in [1.54, 1.807) is 0 Å². The molecular weight excluding hydrogens is 434 g/mol. The summed E-state index contributed by atoms with van der Waals surface area (Å²) in [6.07, 6.45) is 0. The molecule has 4 aromatic carbocycles. The van der Waals surface area contributed by atoms with E-state index in [2.05, 4.69) is 11.1 Å². The molecule has 0 amide bonds. The molecule has 2 N–H and O–H groups in total. The van der Waals surface area contributed by atoms with E-state index in [1.807, 2.05) is 115 Å². The van der Waals surface area contributed by atoms with Gasteiger partial charge in [-0.25, -0.2) is 4.98 Å². The second-order valence-electron chi connectivity index (χ2n) is 7.81. The molecule has 35 heavy (non-hydrogen) atoms. The minimum atomic E-state index is 0.180. The lowest BCUT2D eigenvalue weighted by Crippen LogP contribution is -2.00. The van der Waals surface area contributed by atoms with Crippen molar-refractivity contribution in [3.63, 3.8) is 0 Å². The second kappa shape index (κ2) is 9.82. The lowest BCUT2D eigenvalue weighted by atomic mass is 9.98. The molecule has 0 saturated heterocycles. The van der Waals surface area contributed by atoms with E-state index >= 15 is 0 Å². The number of anilines is 1. The molecule has 0 unspecified atom stereocenters. The van der Waals surface area contributed by atoms with Crippen LogP contribution in [0.25, 0.3) is 22.4 Å². The van der Waals surface area contributed by atoms with Gasteiger partial charge in [0.2, 0.25) is 0 Å². The van der Waals surface area contributed by atoms with E-state index in [0.29, 0.717) is 28.3 Å². The molecule has 0 atom stereocenters. The van der Waals surface area contributed by atoms with E-state index < -0.39 is 0 Å². The first-order chi connectivity index (χ1) is 17.2. The van der Waals surface area contributed by atoms with Gasteiger partial charge in [-0.05, 0) is 72.3 Å². The molecule has 1 aromatic heterocycles. The Labute approximate surface area is 203 Å². The van der Waals surface area contributed by atoms with Crippen LogP contribution in [0.15, 0.2) is 115 Å². The van der Waals surface area contributed by atoms with Gasteiger partial charge in [-0.1, -0.05) is 48.5 Å². The van der Waals surface area contributed by atoms with Gasteiger partial charge in [-0.3, -0.25) is 0 Å². The van der Waals surface area contributed by atoms with Crippen molar-refractivity contribution in [1.82, 2.24) is 4.98 Å². The maximum Gasteiger partial charge on any atom is 0.142 e. The zero-order valence-corrected chi connectivity index (χ0v) is 18.8. The van der Waals surface area contributed by atoms with Gasteiger partial charge in [0.15, 0.2) is 0 Å². The summed E-state index contributed by atoms with van der Waals surface area (Å²) < 4.78 is 11.9. The highest BCUT2D eigenvalue weighted by atomic mass is 16.5. The average Bonchev–Trinajstić information content (AvgIpc) is 2.90. The van der Waals surface area contributed by atoms with Gasteiger partial charge in [0.05, 0.1) is 5.69 Å². The largest absolute Gasteiger partial charge is 0.457 e. The van der Waals surface area contributed by atoms with Gasteiger partial charge >= 0.3 is 0 Å². The van der Waals surface area contributed by atoms with Crippen LogP contribution in [0.2, 0.25) is 0 Å². The first-order valence-electron chi connectivity index (χ1n) is 11.1. The van der Waals surface area contributed by atoms with Gasteiger partial charge in [-0.2, -0.15) is 5.26 Å². The van der Waals surface area contributed by atoms with E-state index in [9.17, 15) is 5.26 Å². The first-order valence-corrected chi connectivity index (χ1v) is 11.1. The van der Waals surface area contributed by atoms with Crippen molar-refractivity contribution in [2.45, 2.75) is 0 Å². The van der Waals surface area contributed by atoms with Crippen molar-refractivity contribution < 1.29 is 9.47 Å². The van der Waals surface area contributed by atoms with Gasteiger partial charge in [-0.15, -0.1) is 0 Å². The van der Waals surface area contributed by atoms with Gasteiger partial charge in [0.25, 0.3) is 0 Å². The zero-order chi connectivity index (χ0) is 24.0. The second-order valence-corrected chi connectivity index (χ2v) is 7.81. The summed E-state index contributed by atoms with van der Waals surface area (Å²) in [4.78, 5) is 4.49. The molecule has 5 heteroatoms. The maximum atomic E-state index is 9.79. The summed E-state index contributed by atoms with van der Waals surface area (Å²) in [5, 5.41) is 9.79. The van der Waals surface area contributed by atoms with E-state index in [0.717, 1.165) is 22.6 Å². The molecule has 0 bridgehead atoms. The Hall–Kier alpha value is -5.08. The zero-order valence-electron chi connectivity index (χ0n) is 18.8. The van der Waals surface area contributed by atoms with E-state index in [4.69, 9.17) is 15.2 Å². The van der Waals surface area contributed by atoms with Gasteiger partial charge in [0, 0.05) is 11.1 Å². The number of rotatable bonds is 6. The Morgan fingerprint density at radius 1 is 0.600 bits per heavy atom. The third kappa shape index (κ3) is 4.97. The summed E-state index contributed by atoms with van der Waals surface area (Å²) in [5.41, 5.74) is 9.57. The fourth-order valence-corrected chi connectivity index (χ4v) is 3.73. The van der Waals surface area contributed by atoms with Crippen LogP contribution < -0.4 is 15.2 Å². The summed E-state index contributed by atoms with van der Waals surface area (Å²) in [6, 6.07) is 38.4. The minimum Gasteiger partial charge on any atom is -0.457 e. The van der Waals surface area contributed by atoms with Crippen LogP contribution in [0.3, 0.4) is 0 Å². The topological polar surface area (TPSA) is 81.2 Å². The van der Waals surface area contributed by atoms with Crippen LogP contribution in [0, 0.1) is 11.3 Å². The Morgan fingerprint density at radius 3 is 1.80 bits per heavy atom. The molecule has 0 spiro atoms. The fourth-order valence-electron chi connectivity index (χ4n) is 3.73. The molecule has 5 aromatic rings. The first kappa shape index (κ1) is 21.7. The number of nitrogen functional groups attached to an aromatic ring is 1. The smallest absolute Gasteiger partial charge is 0.142 e. The fraction of sp³-hybridized carbons (Fsp3) is 0. The average molecular weight is 456 g/mol. The molecule has 0 saturated carbocycles.